The molecule has 10 aromatic carbocycles. The van der Waals surface area contributed by atoms with Gasteiger partial charge in [-0.2, -0.15) is 0 Å². The average Bonchev–Trinajstić information content (AvgIpc) is 4.03. The topological polar surface area (TPSA) is 26.4 Å². The Hall–Kier alpha value is -8.31. The molecule has 3 nitrogen and oxygen atoms in total. The van der Waals surface area contributed by atoms with Gasteiger partial charge in [-0.1, -0.05) is 146 Å². The third-order valence-corrected chi connectivity index (χ3v) is 14.8. The van der Waals surface area contributed by atoms with E-state index < -0.39 is 0 Å². The lowest BCUT2D eigenvalue weighted by Gasteiger charge is -2.10. The molecule has 0 fully saturated rings. The number of nitrogens with zero attached hydrogens (tertiary/aromatic N) is 2. The quantitative estimate of drug-likeness (QED) is 0.159. The minimum Gasteiger partial charge on any atom is -0.309 e. The Balaban J connectivity index is 0.927. The van der Waals surface area contributed by atoms with E-state index in [0.29, 0.717) is 0 Å². The molecule has 0 atom stereocenters. The van der Waals surface area contributed by atoms with Crippen LogP contribution >= 0.6 is 11.3 Å². The number of para-hydroxylation sites is 2. The summed E-state index contributed by atoms with van der Waals surface area (Å²) in [7, 11) is 0. The predicted octanol–water partition coefficient (Wildman–Crippen LogP) is 16.3. The third-order valence-electron chi connectivity index (χ3n) is 13.7. The molecule has 4 aromatic heterocycles. The van der Waals surface area contributed by atoms with E-state index in [2.05, 4.69) is 211 Å². The van der Waals surface area contributed by atoms with Gasteiger partial charge in [-0.3, -0.25) is 9.20 Å². The van der Waals surface area contributed by atoms with Gasteiger partial charge in [0.1, 0.15) is 0 Å². The molecule has 0 amide bonds. The molecule has 0 aliphatic carbocycles. The van der Waals surface area contributed by atoms with E-state index in [4.69, 9.17) is 0 Å². The van der Waals surface area contributed by atoms with Crippen LogP contribution in [0.25, 0.3) is 130 Å². The zero-order valence-corrected chi connectivity index (χ0v) is 35.8. The van der Waals surface area contributed by atoms with Crippen LogP contribution < -0.4 is 5.56 Å². The summed E-state index contributed by atoms with van der Waals surface area (Å²) in [4.78, 5) is 14.5. The van der Waals surface area contributed by atoms with Crippen molar-refractivity contribution in [1.82, 2.24) is 8.97 Å². The van der Waals surface area contributed by atoms with Gasteiger partial charge >= 0.3 is 0 Å². The summed E-state index contributed by atoms with van der Waals surface area (Å²) in [5, 5.41) is 9.93. The Bertz CT molecular complexity index is 4310. The van der Waals surface area contributed by atoms with E-state index in [1.807, 2.05) is 27.9 Å². The van der Waals surface area contributed by atoms with Crippen molar-refractivity contribution in [3.05, 3.63) is 229 Å². The van der Waals surface area contributed by atoms with Crippen molar-refractivity contribution in [3.63, 3.8) is 0 Å². The Kier molecular flexibility index (Phi) is 7.71. The summed E-state index contributed by atoms with van der Waals surface area (Å²) >= 11 is 1.84. The van der Waals surface area contributed by atoms with Crippen LogP contribution in [-0.2, 0) is 0 Å². The van der Waals surface area contributed by atoms with Crippen LogP contribution in [0.1, 0.15) is 0 Å². The van der Waals surface area contributed by atoms with Crippen LogP contribution in [0, 0.1) is 0 Å². The fourth-order valence-corrected chi connectivity index (χ4v) is 11.8. The van der Waals surface area contributed by atoms with Gasteiger partial charge in [-0.05, 0) is 123 Å². The van der Waals surface area contributed by atoms with Crippen LogP contribution in [-0.4, -0.2) is 8.97 Å². The lowest BCUT2D eigenvalue weighted by atomic mass is 9.97. The first-order valence-corrected chi connectivity index (χ1v) is 22.9. The highest BCUT2D eigenvalue weighted by Gasteiger charge is 2.20. The number of pyridine rings is 1. The average molecular weight is 845 g/mol. The maximum Gasteiger partial charge on any atom is 0.263 e. The second kappa shape index (κ2) is 13.8. The Morgan fingerprint density at radius 1 is 0.323 bits per heavy atom. The van der Waals surface area contributed by atoms with Gasteiger partial charge in [0.25, 0.3) is 5.56 Å². The Labute approximate surface area is 377 Å². The minimum atomic E-state index is 0.0167. The van der Waals surface area contributed by atoms with E-state index in [-0.39, 0.29) is 5.56 Å². The van der Waals surface area contributed by atoms with Crippen LogP contribution in [0.5, 0.6) is 0 Å². The second-order valence-corrected chi connectivity index (χ2v) is 18.3. The fraction of sp³-hybridized carbons (Fsp3) is 0. The molecule has 0 unspecified atom stereocenters. The van der Waals surface area contributed by atoms with Crippen molar-refractivity contribution in [2.45, 2.75) is 0 Å². The molecular formula is C61H36N2OS. The van der Waals surface area contributed by atoms with E-state index >= 15 is 0 Å². The SMILES string of the molecule is O=c1c2ccc(-c3ccccc3)cc2c2cccc3c4cc(-c5cccc6sc7ccc(-n8c9ccccc9c9cc(-c%10cccc(-c%11ccccc%11)c%10)ccc98)cc7c56)ccc4n1c23. The van der Waals surface area contributed by atoms with E-state index in [1.165, 1.54) is 69.8 Å². The first-order chi connectivity index (χ1) is 32.1. The monoisotopic (exact) mass is 844 g/mol. The molecule has 65 heavy (non-hydrogen) atoms. The minimum absolute atomic E-state index is 0.0167. The van der Waals surface area contributed by atoms with Gasteiger partial charge in [-0.15, -0.1) is 11.3 Å². The highest BCUT2D eigenvalue weighted by atomic mass is 32.1. The van der Waals surface area contributed by atoms with Gasteiger partial charge in [0.05, 0.1) is 22.1 Å². The van der Waals surface area contributed by atoms with E-state index in [1.54, 1.807) is 0 Å². The number of hydrogen-bond donors (Lipinski definition) is 0. The molecule has 14 rings (SSSR count). The zero-order chi connectivity index (χ0) is 42.8. The Morgan fingerprint density at radius 2 is 0.892 bits per heavy atom. The summed E-state index contributed by atoms with van der Waals surface area (Å²) in [6.45, 7) is 0. The molecule has 0 radical (unpaired) electrons. The molecule has 0 bridgehead atoms. The predicted molar refractivity (Wildman–Crippen MR) is 276 cm³/mol. The molecule has 302 valence electrons. The molecule has 0 N–H and O–H groups in total. The van der Waals surface area contributed by atoms with Gasteiger partial charge < -0.3 is 4.57 Å². The van der Waals surface area contributed by atoms with Crippen LogP contribution in [0.2, 0.25) is 0 Å². The summed E-state index contributed by atoms with van der Waals surface area (Å²) in [5.74, 6) is 0. The van der Waals surface area contributed by atoms with Gasteiger partial charge in [0.2, 0.25) is 0 Å². The Morgan fingerprint density at radius 3 is 1.72 bits per heavy atom. The summed E-state index contributed by atoms with van der Waals surface area (Å²) < 4.78 is 6.88. The van der Waals surface area contributed by atoms with Crippen LogP contribution in [0.15, 0.2) is 223 Å². The van der Waals surface area contributed by atoms with Crippen molar-refractivity contribution in [2.75, 3.05) is 0 Å². The number of thiophene rings is 1. The smallest absolute Gasteiger partial charge is 0.263 e. The summed E-state index contributed by atoms with van der Waals surface area (Å²) in [6.07, 6.45) is 0. The highest BCUT2D eigenvalue weighted by Crippen LogP contribution is 2.44. The van der Waals surface area contributed by atoms with Crippen LogP contribution in [0.4, 0.5) is 0 Å². The molecular weight excluding hydrogens is 809 g/mol. The highest BCUT2D eigenvalue weighted by molar-refractivity contribution is 7.26. The molecule has 0 aliphatic heterocycles. The fourth-order valence-electron chi connectivity index (χ4n) is 10.7. The third kappa shape index (κ3) is 5.38. The number of benzene rings is 10. The number of fused-ring (bicyclic) bond motifs is 11. The maximum atomic E-state index is 14.5. The molecule has 0 saturated carbocycles. The van der Waals surface area contributed by atoms with Crippen molar-refractivity contribution in [2.24, 2.45) is 0 Å². The van der Waals surface area contributed by atoms with E-state index in [0.717, 1.165) is 60.3 Å². The van der Waals surface area contributed by atoms with Gasteiger partial charge in [0.15, 0.2) is 0 Å². The molecule has 14 aromatic rings. The van der Waals surface area contributed by atoms with Gasteiger partial charge in [0, 0.05) is 58.2 Å². The van der Waals surface area contributed by atoms with Gasteiger partial charge in [-0.25, -0.2) is 0 Å². The van der Waals surface area contributed by atoms with Crippen molar-refractivity contribution in [3.8, 4) is 50.2 Å². The van der Waals surface area contributed by atoms with Crippen LogP contribution in [0.3, 0.4) is 0 Å². The molecule has 4 heteroatoms. The standard InChI is InChI=1S/C61H36N2OS/c64-61-49-28-24-41(38-14-5-2-6-15-38)33-50(49)47-20-10-21-48-52-35-43(26-30-56(52)63(61)60(47)48)45-19-11-23-58-59(45)53-36-44(27-31-57(53)65-58)62-54-22-8-7-18-46(54)51-34-42(25-29-55(51)62)40-17-9-16-39(32-40)37-12-3-1-4-13-37/h1-36H. The molecule has 0 aliphatic rings. The largest absolute Gasteiger partial charge is 0.309 e. The maximum absolute atomic E-state index is 14.5. The lowest BCUT2D eigenvalue weighted by molar-refractivity contribution is 1.19. The normalized spacial score (nSPS) is 12.1. The van der Waals surface area contributed by atoms with E-state index in [9.17, 15) is 4.79 Å². The summed E-state index contributed by atoms with van der Waals surface area (Å²) in [6, 6.07) is 78.6. The van der Waals surface area contributed by atoms with Crippen molar-refractivity contribution in [1.29, 1.82) is 0 Å². The zero-order valence-electron chi connectivity index (χ0n) is 35.0. The molecule has 0 spiro atoms. The lowest BCUT2D eigenvalue weighted by Crippen LogP contribution is -2.12. The molecule has 4 heterocycles. The number of rotatable bonds is 5. The first-order valence-electron chi connectivity index (χ1n) is 22.1. The molecule has 0 saturated heterocycles. The first kappa shape index (κ1) is 36.2. The van der Waals surface area contributed by atoms with Crippen molar-refractivity contribution >= 4 is 91.3 Å². The van der Waals surface area contributed by atoms with Crippen molar-refractivity contribution < 1.29 is 0 Å². The summed E-state index contributed by atoms with van der Waals surface area (Å²) in [5.41, 5.74) is 14.8. The number of aromatic nitrogens is 2. The number of hydrogen-bond acceptors (Lipinski definition) is 2. The second-order valence-electron chi connectivity index (χ2n) is 17.2.